The van der Waals surface area contributed by atoms with Gasteiger partial charge in [0.15, 0.2) is 5.78 Å². The van der Waals surface area contributed by atoms with Crippen LogP contribution in [0.5, 0.6) is 0 Å². The standard InChI is InChI=1S/C20H18BrNO3/c1-2-17(23)18(21)14-9-7-13(8-10-14)11-12-22-19(24)15-5-3-4-6-16(15)20(22)25/h3-10,18H,2,11-12H2,1H3. The van der Waals surface area contributed by atoms with Crippen molar-refractivity contribution < 1.29 is 14.4 Å². The van der Waals surface area contributed by atoms with Gasteiger partial charge in [-0.15, -0.1) is 0 Å². The highest BCUT2D eigenvalue weighted by Crippen LogP contribution is 2.26. The summed E-state index contributed by atoms with van der Waals surface area (Å²) >= 11 is 3.41. The predicted molar refractivity (Wildman–Crippen MR) is 98.9 cm³/mol. The first-order valence-electron chi connectivity index (χ1n) is 8.23. The average Bonchev–Trinajstić information content (AvgIpc) is 2.90. The third kappa shape index (κ3) is 3.42. The van der Waals surface area contributed by atoms with Gasteiger partial charge in [0.05, 0.1) is 16.0 Å². The molecule has 3 rings (SSSR count). The molecular weight excluding hydrogens is 382 g/mol. The number of rotatable bonds is 6. The number of benzene rings is 2. The highest BCUT2D eigenvalue weighted by Gasteiger charge is 2.34. The summed E-state index contributed by atoms with van der Waals surface area (Å²) in [5, 5.41) is 0. The SMILES string of the molecule is CCC(=O)C(Br)c1ccc(CCN2C(=O)c3ccccc3C2=O)cc1. The van der Waals surface area contributed by atoms with Crippen molar-refractivity contribution in [1.29, 1.82) is 0 Å². The van der Waals surface area contributed by atoms with E-state index in [9.17, 15) is 14.4 Å². The number of amides is 2. The maximum atomic E-state index is 12.3. The van der Waals surface area contributed by atoms with E-state index in [1.807, 2.05) is 31.2 Å². The number of halogens is 1. The molecular formula is C20H18BrNO3. The first-order chi connectivity index (χ1) is 12.0. The minimum Gasteiger partial charge on any atom is -0.298 e. The zero-order chi connectivity index (χ0) is 18.0. The topological polar surface area (TPSA) is 54.5 Å². The third-order valence-electron chi connectivity index (χ3n) is 4.41. The van der Waals surface area contributed by atoms with Crippen molar-refractivity contribution in [3.63, 3.8) is 0 Å². The lowest BCUT2D eigenvalue weighted by Crippen LogP contribution is -2.31. The second-order valence-corrected chi connectivity index (χ2v) is 6.90. The molecule has 2 aromatic carbocycles. The molecule has 1 aliphatic rings. The molecule has 0 aromatic heterocycles. The van der Waals surface area contributed by atoms with Crippen LogP contribution >= 0.6 is 15.9 Å². The van der Waals surface area contributed by atoms with Gasteiger partial charge in [-0.1, -0.05) is 59.3 Å². The summed E-state index contributed by atoms with van der Waals surface area (Å²) in [6.07, 6.45) is 1.07. The maximum Gasteiger partial charge on any atom is 0.261 e. The van der Waals surface area contributed by atoms with Crippen molar-refractivity contribution in [3.05, 3.63) is 70.8 Å². The van der Waals surface area contributed by atoms with Crippen molar-refractivity contribution in [1.82, 2.24) is 4.90 Å². The quantitative estimate of drug-likeness (QED) is 0.545. The highest BCUT2D eigenvalue weighted by molar-refractivity contribution is 9.09. The van der Waals surface area contributed by atoms with Crippen molar-refractivity contribution in [2.24, 2.45) is 0 Å². The number of fused-ring (bicyclic) bond motifs is 1. The van der Waals surface area contributed by atoms with Gasteiger partial charge < -0.3 is 0 Å². The molecule has 25 heavy (non-hydrogen) atoms. The molecule has 0 spiro atoms. The summed E-state index contributed by atoms with van der Waals surface area (Å²) in [5.41, 5.74) is 2.88. The molecule has 1 aliphatic heterocycles. The van der Waals surface area contributed by atoms with E-state index >= 15 is 0 Å². The van der Waals surface area contributed by atoms with Gasteiger partial charge in [-0.2, -0.15) is 0 Å². The van der Waals surface area contributed by atoms with Crippen LogP contribution in [0.3, 0.4) is 0 Å². The Morgan fingerprint density at radius 1 is 1.00 bits per heavy atom. The van der Waals surface area contributed by atoms with Crippen molar-refractivity contribution in [2.75, 3.05) is 6.54 Å². The molecule has 0 fully saturated rings. The van der Waals surface area contributed by atoms with Gasteiger partial charge in [0.1, 0.15) is 0 Å². The van der Waals surface area contributed by atoms with Crippen LogP contribution in [0.4, 0.5) is 0 Å². The monoisotopic (exact) mass is 399 g/mol. The fraction of sp³-hybridized carbons (Fsp3) is 0.250. The third-order valence-corrected chi connectivity index (χ3v) is 5.45. The van der Waals surface area contributed by atoms with Crippen LogP contribution in [0.2, 0.25) is 0 Å². The van der Waals surface area contributed by atoms with E-state index in [0.29, 0.717) is 30.5 Å². The molecule has 4 nitrogen and oxygen atoms in total. The number of hydrogen-bond donors (Lipinski definition) is 0. The number of nitrogens with zero attached hydrogens (tertiary/aromatic N) is 1. The molecule has 0 N–H and O–H groups in total. The first kappa shape index (κ1) is 17.5. The molecule has 1 atom stereocenters. The lowest BCUT2D eigenvalue weighted by molar-refractivity contribution is -0.118. The lowest BCUT2D eigenvalue weighted by Gasteiger charge is -2.14. The van der Waals surface area contributed by atoms with Crippen molar-refractivity contribution >= 4 is 33.5 Å². The molecule has 2 aromatic rings. The fourth-order valence-electron chi connectivity index (χ4n) is 2.90. The van der Waals surface area contributed by atoms with Crippen LogP contribution in [0, 0.1) is 0 Å². The Bertz CT molecular complexity index is 794. The molecule has 0 radical (unpaired) electrons. The summed E-state index contributed by atoms with van der Waals surface area (Å²) in [4.78, 5) is 37.4. The Morgan fingerprint density at radius 3 is 2.08 bits per heavy atom. The Morgan fingerprint density at radius 2 is 1.56 bits per heavy atom. The smallest absolute Gasteiger partial charge is 0.261 e. The molecule has 1 heterocycles. The number of Topliss-reactive ketones (excluding diaryl/α,β-unsaturated/α-hetero) is 1. The molecule has 0 saturated carbocycles. The van der Waals surface area contributed by atoms with E-state index in [1.165, 1.54) is 4.90 Å². The highest BCUT2D eigenvalue weighted by atomic mass is 79.9. The molecule has 2 amide bonds. The molecule has 0 saturated heterocycles. The maximum absolute atomic E-state index is 12.3. The lowest BCUT2D eigenvalue weighted by atomic mass is 10.0. The van der Waals surface area contributed by atoms with Gasteiger partial charge in [0, 0.05) is 13.0 Å². The van der Waals surface area contributed by atoms with Gasteiger partial charge in [-0.3, -0.25) is 19.3 Å². The van der Waals surface area contributed by atoms with Crippen LogP contribution < -0.4 is 0 Å². The minimum absolute atomic E-state index is 0.138. The van der Waals surface area contributed by atoms with E-state index in [0.717, 1.165) is 11.1 Å². The summed E-state index contributed by atoms with van der Waals surface area (Å²) in [7, 11) is 0. The van der Waals surface area contributed by atoms with E-state index in [2.05, 4.69) is 15.9 Å². The van der Waals surface area contributed by atoms with Crippen LogP contribution in [0.1, 0.15) is 50.0 Å². The zero-order valence-corrected chi connectivity index (χ0v) is 15.5. The largest absolute Gasteiger partial charge is 0.298 e. The average molecular weight is 400 g/mol. The van der Waals surface area contributed by atoms with E-state index in [-0.39, 0.29) is 22.4 Å². The number of carbonyl (C=O) groups is 3. The van der Waals surface area contributed by atoms with E-state index in [4.69, 9.17) is 0 Å². The van der Waals surface area contributed by atoms with Crippen LogP contribution in [0.15, 0.2) is 48.5 Å². The molecule has 5 heteroatoms. The van der Waals surface area contributed by atoms with Crippen LogP contribution in [0.25, 0.3) is 0 Å². The second-order valence-electron chi connectivity index (χ2n) is 5.98. The second kappa shape index (κ2) is 7.31. The summed E-state index contributed by atoms with van der Waals surface area (Å²) in [6.45, 7) is 2.18. The Balaban J connectivity index is 1.66. The van der Waals surface area contributed by atoms with Gasteiger partial charge in [0.2, 0.25) is 0 Å². The fourth-order valence-corrected chi connectivity index (χ4v) is 3.53. The predicted octanol–water partition coefficient (Wildman–Crippen LogP) is 3.94. The first-order valence-corrected chi connectivity index (χ1v) is 9.15. The van der Waals surface area contributed by atoms with Crippen LogP contribution in [-0.4, -0.2) is 29.0 Å². The normalized spacial score (nSPS) is 14.6. The number of ketones is 1. The number of alkyl halides is 1. The Labute approximate surface area is 155 Å². The molecule has 0 aliphatic carbocycles. The van der Waals surface area contributed by atoms with Gasteiger partial charge in [0.25, 0.3) is 11.8 Å². The number of imide groups is 1. The zero-order valence-electron chi connectivity index (χ0n) is 13.9. The van der Waals surface area contributed by atoms with Crippen molar-refractivity contribution in [2.45, 2.75) is 24.6 Å². The summed E-state index contributed by atoms with van der Waals surface area (Å²) in [5.74, 6) is -0.323. The van der Waals surface area contributed by atoms with Gasteiger partial charge in [-0.25, -0.2) is 0 Å². The molecule has 128 valence electrons. The van der Waals surface area contributed by atoms with E-state index in [1.54, 1.807) is 24.3 Å². The Hall–Kier alpha value is -2.27. The minimum atomic E-state index is -0.289. The van der Waals surface area contributed by atoms with Gasteiger partial charge >= 0.3 is 0 Å². The van der Waals surface area contributed by atoms with Crippen LogP contribution in [-0.2, 0) is 11.2 Å². The molecule has 1 unspecified atom stereocenters. The van der Waals surface area contributed by atoms with E-state index < -0.39 is 0 Å². The Kier molecular flexibility index (Phi) is 5.13. The molecule has 0 bridgehead atoms. The number of hydrogen-bond acceptors (Lipinski definition) is 3. The van der Waals surface area contributed by atoms with Crippen molar-refractivity contribution in [3.8, 4) is 0 Å². The van der Waals surface area contributed by atoms with Gasteiger partial charge in [-0.05, 0) is 29.7 Å². The summed E-state index contributed by atoms with van der Waals surface area (Å²) in [6, 6.07) is 14.6. The number of carbonyl (C=O) groups excluding carboxylic acids is 3. The summed E-state index contributed by atoms with van der Waals surface area (Å²) < 4.78 is 0.